The van der Waals surface area contributed by atoms with Crippen LogP contribution in [0.5, 0.6) is 11.5 Å². The van der Waals surface area contributed by atoms with E-state index in [0.29, 0.717) is 39.8 Å². The molecule has 7 heteroatoms. The summed E-state index contributed by atoms with van der Waals surface area (Å²) in [4.78, 5) is 12.8. The minimum Gasteiger partial charge on any atom is -0.508 e. The highest BCUT2D eigenvalue weighted by Crippen LogP contribution is 2.30. The maximum atomic E-state index is 12.8. The van der Waals surface area contributed by atoms with E-state index in [0.717, 1.165) is 12.1 Å². The summed E-state index contributed by atoms with van der Waals surface area (Å²) in [6.07, 6.45) is -2.74. The number of alkyl halides is 3. The van der Waals surface area contributed by atoms with Crippen LogP contribution in [0.3, 0.4) is 0 Å². The van der Waals surface area contributed by atoms with Crippen LogP contribution in [0.2, 0.25) is 0 Å². The van der Waals surface area contributed by atoms with Gasteiger partial charge < -0.3 is 14.3 Å². The van der Waals surface area contributed by atoms with Crippen LogP contribution < -0.4 is 10.2 Å². The average molecular weight is 426 g/mol. The average Bonchev–Trinajstić information content (AvgIpc) is 2.74. The van der Waals surface area contributed by atoms with Gasteiger partial charge in [0.05, 0.1) is 23.1 Å². The fourth-order valence-corrected chi connectivity index (χ4v) is 3.23. The van der Waals surface area contributed by atoms with Crippen LogP contribution >= 0.6 is 0 Å². The molecular formula is C24H17F3O4. The van der Waals surface area contributed by atoms with Gasteiger partial charge in [0.1, 0.15) is 23.3 Å². The molecule has 31 heavy (non-hydrogen) atoms. The summed E-state index contributed by atoms with van der Waals surface area (Å²) >= 11 is 0. The van der Waals surface area contributed by atoms with Crippen molar-refractivity contribution in [1.29, 1.82) is 0 Å². The minimum atomic E-state index is -4.38. The normalized spacial score (nSPS) is 11.6. The predicted octanol–water partition coefficient (Wildman–Crippen LogP) is 5.81. The van der Waals surface area contributed by atoms with E-state index in [2.05, 4.69) is 0 Å². The SMILES string of the molecule is O=c1c(-c2ccc(O)cc2)coc2cc(OCCc3cccc(C(F)(F)F)c3)ccc12. The Morgan fingerprint density at radius 1 is 0.968 bits per heavy atom. The number of benzene rings is 3. The number of hydrogen-bond acceptors (Lipinski definition) is 4. The van der Waals surface area contributed by atoms with Crippen molar-refractivity contribution in [2.24, 2.45) is 0 Å². The van der Waals surface area contributed by atoms with Gasteiger partial charge in [0.25, 0.3) is 0 Å². The molecule has 0 aliphatic heterocycles. The molecule has 1 aromatic heterocycles. The standard InChI is InChI=1S/C24H17F3O4/c25-24(26,27)17-3-1-2-15(12-17)10-11-30-19-8-9-20-22(13-19)31-14-21(23(20)29)16-4-6-18(28)7-5-16/h1-9,12-14,28H,10-11H2. The summed E-state index contributed by atoms with van der Waals surface area (Å²) in [7, 11) is 0. The molecule has 0 aliphatic rings. The lowest BCUT2D eigenvalue weighted by Gasteiger charge is -2.10. The molecule has 4 aromatic rings. The van der Waals surface area contributed by atoms with E-state index in [9.17, 15) is 23.1 Å². The first kappa shape index (κ1) is 20.5. The van der Waals surface area contributed by atoms with Crippen molar-refractivity contribution >= 4 is 11.0 Å². The molecule has 0 spiro atoms. The van der Waals surface area contributed by atoms with Crippen LogP contribution in [0.25, 0.3) is 22.1 Å². The molecule has 0 radical (unpaired) electrons. The van der Waals surface area contributed by atoms with E-state index in [-0.39, 0.29) is 17.8 Å². The van der Waals surface area contributed by atoms with Gasteiger partial charge in [-0.15, -0.1) is 0 Å². The molecular weight excluding hydrogens is 409 g/mol. The number of halogens is 3. The second-order valence-electron chi connectivity index (χ2n) is 6.98. The lowest BCUT2D eigenvalue weighted by Crippen LogP contribution is -2.07. The zero-order valence-corrected chi connectivity index (χ0v) is 16.1. The summed E-state index contributed by atoms with van der Waals surface area (Å²) in [5.41, 5.74) is 0.926. The van der Waals surface area contributed by atoms with Gasteiger partial charge in [-0.1, -0.05) is 30.3 Å². The van der Waals surface area contributed by atoms with E-state index >= 15 is 0 Å². The summed E-state index contributed by atoms with van der Waals surface area (Å²) < 4.78 is 49.7. The maximum Gasteiger partial charge on any atom is 0.416 e. The lowest BCUT2D eigenvalue weighted by atomic mass is 10.1. The topological polar surface area (TPSA) is 59.7 Å². The van der Waals surface area contributed by atoms with Crippen molar-refractivity contribution in [1.82, 2.24) is 0 Å². The van der Waals surface area contributed by atoms with Crippen molar-refractivity contribution in [3.63, 3.8) is 0 Å². The van der Waals surface area contributed by atoms with E-state index in [1.165, 1.54) is 24.5 Å². The highest BCUT2D eigenvalue weighted by atomic mass is 19.4. The van der Waals surface area contributed by atoms with E-state index in [1.54, 1.807) is 36.4 Å². The largest absolute Gasteiger partial charge is 0.508 e. The molecule has 0 amide bonds. The number of phenols is 1. The Hall–Kier alpha value is -3.74. The van der Waals surface area contributed by atoms with E-state index in [1.807, 2.05) is 0 Å². The number of aromatic hydroxyl groups is 1. The Kier molecular flexibility index (Phi) is 5.42. The molecule has 0 atom stereocenters. The van der Waals surface area contributed by atoms with Crippen molar-refractivity contribution in [3.05, 3.63) is 94.3 Å². The first-order valence-electron chi connectivity index (χ1n) is 9.45. The van der Waals surface area contributed by atoms with E-state index in [4.69, 9.17) is 9.15 Å². The zero-order chi connectivity index (χ0) is 22.0. The fraction of sp³-hybridized carbons (Fsp3) is 0.125. The lowest BCUT2D eigenvalue weighted by molar-refractivity contribution is -0.137. The predicted molar refractivity (Wildman–Crippen MR) is 110 cm³/mol. The van der Waals surface area contributed by atoms with Gasteiger partial charge in [-0.05, 0) is 41.5 Å². The molecule has 0 aliphatic carbocycles. The third kappa shape index (κ3) is 4.55. The molecule has 4 rings (SSSR count). The van der Waals surface area contributed by atoms with Gasteiger partial charge in [0.2, 0.25) is 0 Å². The summed E-state index contributed by atoms with van der Waals surface area (Å²) in [6.45, 7) is 0.169. The van der Waals surface area contributed by atoms with Gasteiger partial charge in [0.15, 0.2) is 5.43 Å². The van der Waals surface area contributed by atoms with Gasteiger partial charge in [-0.2, -0.15) is 13.2 Å². The van der Waals surface area contributed by atoms with Crippen LogP contribution in [0, 0.1) is 0 Å². The first-order valence-corrected chi connectivity index (χ1v) is 9.45. The highest BCUT2D eigenvalue weighted by Gasteiger charge is 2.30. The fourth-order valence-electron chi connectivity index (χ4n) is 3.23. The van der Waals surface area contributed by atoms with Crippen molar-refractivity contribution < 1.29 is 27.4 Å². The van der Waals surface area contributed by atoms with Crippen LogP contribution in [0.4, 0.5) is 13.2 Å². The highest BCUT2D eigenvalue weighted by molar-refractivity contribution is 5.82. The number of hydrogen-bond donors (Lipinski definition) is 1. The van der Waals surface area contributed by atoms with Crippen LogP contribution in [-0.4, -0.2) is 11.7 Å². The third-order valence-electron chi connectivity index (χ3n) is 4.84. The van der Waals surface area contributed by atoms with Crippen LogP contribution in [0.1, 0.15) is 11.1 Å². The Morgan fingerprint density at radius 3 is 2.48 bits per heavy atom. The van der Waals surface area contributed by atoms with Crippen LogP contribution in [-0.2, 0) is 12.6 Å². The second kappa shape index (κ2) is 8.18. The van der Waals surface area contributed by atoms with Gasteiger partial charge >= 0.3 is 6.18 Å². The molecule has 4 nitrogen and oxygen atoms in total. The van der Waals surface area contributed by atoms with E-state index < -0.39 is 11.7 Å². The minimum absolute atomic E-state index is 0.0980. The summed E-state index contributed by atoms with van der Waals surface area (Å²) in [6, 6.07) is 16.1. The Morgan fingerprint density at radius 2 is 1.74 bits per heavy atom. The molecule has 1 heterocycles. The van der Waals surface area contributed by atoms with Crippen LogP contribution in [0.15, 0.2) is 82.2 Å². The maximum absolute atomic E-state index is 12.8. The smallest absolute Gasteiger partial charge is 0.416 e. The number of rotatable bonds is 5. The van der Waals surface area contributed by atoms with Crippen molar-refractivity contribution in [2.75, 3.05) is 6.61 Å². The number of ether oxygens (including phenoxy) is 1. The molecule has 0 fully saturated rings. The molecule has 0 bridgehead atoms. The molecule has 0 saturated heterocycles. The van der Waals surface area contributed by atoms with Gasteiger partial charge in [0, 0.05) is 12.5 Å². The summed E-state index contributed by atoms with van der Waals surface area (Å²) in [5, 5.41) is 9.77. The monoisotopic (exact) mass is 426 g/mol. The molecule has 158 valence electrons. The third-order valence-corrected chi connectivity index (χ3v) is 4.84. The summed E-state index contributed by atoms with van der Waals surface area (Å²) in [5.74, 6) is 0.542. The molecule has 3 aromatic carbocycles. The Balaban J connectivity index is 1.49. The Labute approximate surface area is 175 Å². The molecule has 0 saturated carbocycles. The van der Waals surface area contributed by atoms with Crippen molar-refractivity contribution in [2.45, 2.75) is 12.6 Å². The molecule has 0 unspecified atom stereocenters. The molecule has 1 N–H and O–H groups in total. The van der Waals surface area contributed by atoms with Crippen molar-refractivity contribution in [3.8, 4) is 22.6 Å². The van der Waals surface area contributed by atoms with Gasteiger partial charge in [-0.25, -0.2) is 0 Å². The zero-order valence-electron chi connectivity index (χ0n) is 16.1. The van der Waals surface area contributed by atoms with Gasteiger partial charge in [-0.3, -0.25) is 4.79 Å². The first-order chi connectivity index (χ1) is 14.8. The Bertz CT molecular complexity index is 1270. The second-order valence-corrected chi connectivity index (χ2v) is 6.98. The quantitative estimate of drug-likeness (QED) is 0.438. The number of fused-ring (bicyclic) bond motifs is 1. The number of phenolic OH excluding ortho intramolecular Hbond substituents is 1.